The molecule has 0 amide bonds. The molecule has 1 saturated heterocycles. The molecule has 8 nitrogen and oxygen atoms in total. The lowest BCUT2D eigenvalue weighted by Gasteiger charge is -2.09. The van der Waals surface area contributed by atoms with Crippen LogP contribution in [0.4, 0.5) is 0 Å². The van der Waals surface area contributed by atoms with E-state index in [1.165, 1.54) is 18.4 Å². The summed E-state index contributed by atoms with van der Waals surface area (Å²) < 4.78 is 8.58. The normalized spacial score (nSPS) is 14.7. The Labute approximate surface area is 173 Å². The van der Waals surface area contributed by atoms with Crippen molar-refractivity contribution in [1.29, 1.82) is 0 Å². The van der Waals surface area contributed by atoms with Crippen molar-refractivity contribution in [1.82, 2.24) is 29.2 Å². The minimum Gasteiger partial charge on any atom is -0.338 e. The second-order valence-corrected chi connectivity index (χ2v) is 7.73. The van der Waals surface area contributed by atoms with Crippen LogP contribution in [0.3, 0.4) is 0 Å². The monoisotopic (exact) mass is 404 g/mol. The van der Waals surface area contributed by atoms with Crippen molar-refractivity contribution in [3.05, 3.63) is 70.4 Å². The number of fused-ring (bicyclic) bond motifs is 1. The zero-order chi connectivity index (χ0) is 20.5. The second-order valence-electron chi connectivity index (χ2n) is 7.73. The third kappa shape index (κ3) is 3.66. The van der Waals surface area contributed by atoms with Gasteiger partial charge in [0.05, 0.1) is 18.8 Å². The van der Waals surface area contributed by atoms with Crippen LogP contribution < -0.4 is 5.56 Å². The summed E-state index contributed by atoms with van der Waals surface area (Å²) in [5, 5.41) is 8.61. The van der Waals surface area contributed by atoms with Crippen LogP contribution in [0.25, 0.3) is 16.8 Å². The number of aromatic nitrogens is 5. The molecule has 4 aromatic rings. The summed E-state index contributed by atoms with van der Waals surface area (Å²) in [5.74, 6) is 1.11. The first-order valence-corrected chi connectivity index (χ1v) is 10.4. The van der Waals surface area contributed by atoms with Crippen molar-refractivity contribution in [2.75, 3.05) is 13.1 Å². The van der Waals surface area contributed by atoms with E-state index in [-0.39, 0.29) is 12.1 Å². The highest BCUT2D eigenvalue weighted by molar-refractivity contribution is 5.65. The largest absolute Gasteiger partial charge is 0.338 e. The van der Waals surface area contributed by atoms with Crippen molar-refractivity contribution in [2.45, 2.75) is 39.3 Å². The highest BCUT2D eigenvalue weighted by Crippen LogP contribution is 2.19. The molecule has 8 heteroatoms. The molecule has 0 bridgehead atoms. The molecular formula is C22H24N6O2. The standard InChI is InChI=1S/C22H24N6O2/c1-2-16-5-7-17(8-6-16)18-13-19-22(29)27(11-12-28(19)24-18)14-20-23-21(30-25-20)15-26-9-3-4-10-26/h5-8,11-13H,2-4,9-10,14-15H2,1H3. The molecule has 0 radical (unpaired) electrons. The number of hydrogen-bond acceptors (Lipinski definition) is 6. The van der Waals surface area contributed by atoms with Gasteiger partial charge in [0.25, 0.3) is 5.56 Å². The maximum absolute atomic E-state index is 13.0. The van der Waals surface area contributed by atoms with E-state index in [4.69, 9.17) is 4.52 Å². The lowest BCUT2D eigenvalue weighted by atomic mass is 10.1. The van der Waals surface area contributed by atoms with E-state index >= 15 is 0 Å². The van der Waals surface area contributed by atoms with E-state index in [0.717, 1.165) is 30.8 Å². The highest BCUT2D eigenvalue weighted by Gasteiger charge is 2.16. The Hall–Kier alpha value is -3.26. The summed E-state index contributed by atoms with van der Waals surface area (Å²) in [5.41, 5.74) is 3.43. The van der Waals surface area contributed by atoms with Crippen molar-refractivity contribution in [3.8, 4) is 11.3 Å². The Kier molecular flexibility index (Phi) is 4.92. The van der Waals surface area contributed by atoms with Gasteiger partial charge in [0, 0.05) is 18.0 Å². The summed E-state index contributed by atoms with van der Waals surface area (Å²) in [6.45, 7) is 5.20. The fourth-order valence-corrected chi connectivity index (χ4v) is 3.91. The SMILES string of the molecule is CCc1ccc(-c2cc3c(=O)n(Cc4noc(CN5CCCC5)n4)ccn3n2)cc1. The van der Waals surface area contributed by atoms with Crippen LogP contribution >= 0.6 is 0 Å². The van der Waals surface area contributed by atoms with E-state index in [1.54, 1.807) is 21.5 Å². The van der Waals surface area contributed by atoms with E-state index in [9.17, 15) is 4.79 Å². The second kappa shape index (κ2) is 7.87. The van der Waals surface area contributed by atoms with Crippen molar-refractivity contribution < 1.29 is 4.52 Å². The Morgan fingerprint density at radius 2 is 1.87 bits per heavy atom. The average molecular weight is 404 g/mol. The zero-order valence-corrected chi connectivity index (χ0v) is 17.0. The number of aryl methyl sites for hydroxylation is 1. The third-order valence-corrected chi connectivity index (χ3v) is 5.64. The van der Waals surface area contributed by atoms with Crippen LogP contribution in [0.5, 0.6) is 0 Å². The molecule has 0 spiro atoms. The lowest BCUT2D eigenvalue weighted by molar-refractivity contribution is 0.267. The van der Waals surface area contributed by atoms with Crippen LogP contribution in [0, 0.1) is 0 Å². The topological polar surface area (TPSA) is 81.5 Å². The van der Waals surface area contributed by atoms with Crippen LogP contribution in [0.1, 0.15) is 37.0 Å². The first kappa shape index (κ1) is 18.7. The molecule has 1 fully saturated rings. The Balaban J connectivity index is 1.38. The average Bonchev–Trinajstić information content (AvgIpc) is 3.52. The molecular weight excluding hydrogens is 380 g/mol. The summed E-state index contributed by atoms with van der Waals surface area (Å²) in [4.78, 5) is 19.7. The van der Waals surface area contributed by atoms with Crippen molar-refractivity contribution in [3.63, 3.8) is 0 Å². The quantitative estimate of drug-likeness (QED) is 0.492. The minimum atomic E-state index is -0.132. The van der Waals surface area contributed by atoms with Gasteiger partial charge < -0.3 is 9.09 Å². The maximum atomic E-state index is 13.0. The molecule has 0 aliphatic carbocycles. The van der Waals surface area contributed by atoms with Gasteiger partial charge in [0.15, 0.2) is 5.82 Å². The molecule has 0 saturated carbocycles. The van der Waals surface area contributed by atoms with Gasteiger partial charge >= 0.3 is 0 Å². The molecule has 1 aliphatic heterocycles. The molecule has 0 N–H and O–H groups in total. The van der Waals surface area contributed by atoms with E-state index < -0.39 is 0 Å². The molecule has 30 heavy (non-hydrogen) atoms. The van der Waals surface area contributed by atoms with Crippen LogP contribution in [0.15, 0.2) is 52.0 Å². The summed E-state index contributed by atoms with van der Waals surface area (Å²) in [6, 6.07) is 10.1. The minimum absolute atomic E-state index is 0.132. The molecule has 0 atom stereocenters. The number of hydrogen-bond donors (Lipinski definition) is 0. The highest BCUT2D eigenvalue weighted by atomic mass is 16.5. The zero-order valence-electron chi connectivity index (χ0n) is 17.0. The lowest BCUT2D eigenvalue weighted by Crippen LogP contribution is -2.22. The molecule has 4 heterocycles. The van der Waals surface area contributed by atoms with E-state index in [0.29, 0.717) is 23.8 Å². The summed E-state index contributed by atoms with van der Waals surface area (Å²) in [6.07, 6.45) is 6.92. The Bertz CT molecular complexity index is 1210. The van der Waals surface area contributed by atoms with Gasteiger partial charge in [0.1, 0.15) is 5.52 Å². The van der Waals surface area contributed by atoms with Gasteiger partial charge in [-0.25, -0.2) is 4.52 Å². The predicted molar refractivity (Wildman–Crippen MR) is 112 cm³/mol. The van der Waals surface area contributed by atoms with Crippen molar-refractivity contribution >= 4 is 5.52 Å². The van der Waals surface area contributed by atoms with Gasteiger partial charge in [-0.2, -0.15) is 10.1 Å². The maximum Gasteiger partial charge on any atom is 0.277 e. The Morgan fingerprint density at radius 1 is 1.07 bits per heavy atom. The summed E-state index contributed by atoms with van der Waals surface area (Å²) in [7, 11) is 0. The molecule has 0 unspecified atom stereocenters. The molecule has 3 aromatic heterocycles. The number of rotatable bonds is 6. The van der Waals surface area contributed by atoms with Gasteiger partial charge in [-0.3, -0.25) is 9.69 Å². The first-order chi connectivity index (χ1) is 14.7. The molecule has 5 rings (SSSR count). The summed E-state index contributed by atoms with van der Waals surface area (Å²) >= 11 is 0. The molecule has 1 aliphatic rings. The van der Waals surface area contributed by atoms with Crippen molar-refractivity contribution in [2.24, 2.45) is 0 Å². The molecule has 1 aromatic carbocycles. The van der Waals surface area contributed by atoms with Crippen LogP contribution in [-0.4, -0.2) is 42.3 Å². The third-order valence-electron chi connectivity index (χ3n) is 5.64. The van der Waals surface area contributed by atoms with Gasteiger partial charge in [-0.1, -0.05) is 36.3 Å². The number of nitrogens with zero attached hydrogens (tertiary/aromatic N) is 6. The van der Waals surface area contributed by atoms with Gasteiger partial charge in [-0.05, 0) is 44.0 Å². The first-order valence-electron chi connectivity index (χ1n) is 10.4. The van der Waals surface area contributed by atoms with Gasteiger partial charge in [0.2, 0.25) is 5.89 Å². The van der Waals surface area contributed by atoms with E-state index in [2.05, 4.69) is 39.2 Å². The number of benzene rings is 1. The Morgan fingerprint density at radius 3 is 2.63 bits per heavy atom. The fraction of sp³-hybridized carbons (Fsp3) is 0.364. The van der Waals surface area contributed by atoms with Gasteiger partial charge in [-0.15, -0.1) is 0 Å². The van der Waals surface area contributed by atoms with Crippen LogP contribution in [0.2, 0.25) is 0 Å². The smallest absolute Gasteiger partial charge is 0.277 e. The van der Waals surface area contributed by atoms with E-state index in [1.807, 2.05) is 18.2 Å². The fourth-order valence-electron chi connectivity index (χ4n) is 3.91. The number of likely N-dealkylation sites (tertiary alicyclic amines) is 1. The molecule has 154 valence electrons. The predicted octanol–water partition coefficient (Wildman–Crippen LogP) is 2.75. The van der Waals surface area contributed by atoms with Crippen LogP contribution in [-0.2, 0) is 19.5 Å².